The Balaban J connectivity index is 1.52. The molecule has 0 bridgehead atoms. The van der Waals surface area contributed by atoms with Gasteiger partial charge in [-0.1, -0.05) is 0 Å². The van der Waals surface area contributed by atoms with Gasteiger partial charge in [0.25, 0.3) is 10.0 Å². The van der Waals surface area contributed by atoms with Crippen molar-refractivity contribution in [2.24, 2.45) is 0 Å². The van der Waals surface area contributed by atoms with Crippen LogP contribution in [-0.2, 0) is 14.8 Å². The Morgan fingerprint density at radius 2 is 2.00 bits per heavy atom. The van der Waals surface area contributed by atoms with Crippen LogP contribution in [0.4, 0.5) is 5.95 Å². The third kappa shape index (κ3) is 3.27. The summed E-state index contributed by atoms with van der Waals surface area (Å²) in [5.74, 6) is 0.547. The minimum Gasteiger partial charge on any atom is -0.381 e. The molecule has 0 radical (unpaired) electrons. The summed E-state index contributed by atoms with van der Waals surface area (Å²) >= 11 is 0. The topological polar surface area (TPSA) is 99.0 Å². The van der Waals surface area contributed by atoms with Gasteiger partial charge < -0.3 is 4.74 Å². The van der Waals surface area contributed by atoms with E-state index in [0.29, 0.717) is 19.1 Å². The zero-order valence-electron chi connectivity index (χ0n) is 13.1. The summed E-state index contributed by atoms with van der Waals surface area (Å²) in [7, 11) is -3.74. The van der Waals surface area contributed by atoms with Crippen LogP contribution in [0.2, 0.25) is 0 Å². The number of aromatic nitrogens is 4. The average Bonchev–Trinajstić information content (AvgIpc) is 3.31. The van der Waals surface area contributed by atoms with Crippen LogP contribution in [0.5, 0.6) is 0 Å². The van der Waals surface area contributed by atoms with Gasteiger partial charge in [-0.2, -0.15) is 5.10 Å². The van der Waals surface area contributed by atoms with Crippen molar-refractivity contribution < 1.29 is 13.2 Å². The number of rotatable bonds is 5. The SMILES string of the molecule is O=S(=O)(Nc1nccc(C2CC2)n1)c1cnn(C2CCOCC2)c1. The predicted molar refractivity (Wildman–Crippen MR) is 86.1 cm³/mol. The predicted octanol–water partition coefficient (Wildman–Crippen LogP) is 1.70. The Hall–Kier alpha value is -2.00. The molecule has 1 N–H and O–H groups in total. The number of ether oxygens (including phenoxy) is 1. The minimum absolute atomic E-state index is 0.109. The fraction of sp³-hybridized carbons (Fsp3) is 0.533. The van der Waals surface area contributed by atoms with Gasteiger partial charge in [0.1, 0.15) is 4.90 Å². The maximum atomic E-state index is 12.5. The van der Waals surface area contributed by atoms with Crippen molar-refractivity contribution in [2.75, 3.05) is 17.9 Å². The summed E-state index contributed by atoms with van der Waals surface area (Å²) in [5.41, 5.74) is 0.889. The Kier molecular flexibility index (Phi) is 3.97. The lowest BCUT2D eigenvalue weighted by atomic mass is 10.1. The molecular formula is C15H19N5O3S. The molecule has 9 heteroatoms. The summed E-state index contributed by atoms with van der Waals surface area (Å²) in [6.07, 6.45) is 8.37. The van der Waals surface area contributed by atoms with E-state index in [9.17, 15) is 8.42 Å². The molecule has 0 unspecified atom stereocenters. The van der Waals surface area contributed by atoms with E-state index in [1.807, 2.05) is 6.07 Å². The van der Waals surface area contributed by atoms with Crippen molar-refractivity contribution in [3.63, 3.8) is 0 Å². The van der Waals surface area contributed by atoms with Crippen LogP contribution in [0.15, 0.2) is 29.6 Å². The van der Waals surface area contributed by atoms with E-state index in [2.05, 4.69) is 19.8 Å². The molecule has 1 saturated carbocycles. The highest BCUT2D eigenvalue weighted by Crippen LogP contribution is 2.39. The molecule has 2 fully saturated rings. The van der Waals surface area contributed by atoms with Crippen molar-refractivity contribution in [1.82, 2.24) is 19.7 Å². The number of hydrogen-bond acceptors (Lipinski definition) is 6. The normalized spacial score (nSPS) is 19.3. The molecule has 0 spiro atoms. The van der Waals surface area contributed by atoms with Crippen molar-refractivity contribution >= 4 is 16.0 Å². The molecule has 1 aliphatic carbocycles. The molecule has 3 heterocycles. The summed E-state index contributed by atoms with van der Waals surface area (Å²) in [5, 5.41) is 4.20. The van der Waals surface area contributed by atoms with Gasteiger partial charge in [-0.05, 0) is 31.7 Å². The maximum Gasteiger partial charge on any atom is 0.267 e. The fourth-order valence-corrected chi connectivity index (χ4v) is 3.71. The third-order valence-electron chi connectivity index (χ3n) is 4.35. The lowest BCUT2D eigenvalue weighted by Gasteiger charge is -2.22. The maximum absolute atomic E-state index is 12.5. The van der Waals surface area contributed by atoms with Gasteiger partial charge in [0.2, 0.25) is 5.95 Å². The van der Waals surface area contributed by atoms with E-state index >= 15 is 0 Å². The lowest BCUT2D eigenvalue weighted by Crippen LogP contribution is -2.20. The number of sulfonamides is 1. The zero-order chi connectivity index (χ0) is 16.6. The molecule has 24 heavy (non-hydrogen) atoms. The van der Waals surface area contributed by atoms with Gasteiger partial charge in [0.15, 0.2) is 0 Å². The van der Waals surface area contributed by atoms with Gasteiger partial charge in [0.05, 0.1) is 12.2 Å². The highest BCUT2D eigenvalue weighted by atomic mass is 32.2. The standard InChI is InChI=1S/C15H19N5O3S/c21-24(22,19-15-16-6-3-14(18-15)11-1-2-11)13-9-17-20(10-13)12-4-7-23-8-5-12/h3,6,9-12H,1-2,4-5,7-8H2,(H,16,18,19). The molecule has 0 atom stereocenters. The van der Waals surface area contributed by atoms with Crippen molar-refractivity contribution in [3.05, 3.63) is 30.4 Å². The van der Waals surface area contributed by atoms with E-state index in [1.165, 1.54) is 6.20 Å². The van der Waals surface area contributed by atoms with Gasteiger partial charge in [-0.15, -0.1) is 0 Å². The highest BCUT2D eigenvalue weighted by molar-refractivity contribution is 7.92. The van der Waals surface area contributed by atoms with Crippen LogP contribution < -0.4 is 4.72 Å². The molecule has 128 valence electrons. The quantitative estimate of drug-likeness (QED) is 0.882. The fourth-order valence-electron chi connectivity index (χ4n) is 2.82. The first-order valence-corrected chi connectivity index (χ1v) is 9.58. The molecule has 2 aromatic rings. The van der Waals surface area contributed by atoms with Crippen molar-refractivity contribution in [2.45, 2.75) is 42.5 Å². The van der Waals surface area contributed by atoms with E-state index in [-0.39, 0.29) is 16.9 Å². The number of nitrogens with one attached hydrogen (secondary N) is 1. The van der Waals surface area contributed by atoms with Crippen LogP contribution in [0, 0.1) is 0 Å². The van der Waals surface area contributed by atoms with E-state index in [4.69, 9.17) is 4.74 Å². The molecular weight excluding hydrogens is 330 g/mol. The smallest absolute Gasteiger partial charge is 0.267 e. The Morgan fingerprint density at radius 3 is 2.75 bits per heavy atom. The van der Waals surface area contributed by atoms with E-state index in [0.717, 1.165) is 31.4 Å². The number of hydrogen-bond donors (Lipinski definition) is 1. The van der Waals surface area contributed by atoms with Gasteiger partial charge >= 0.3 is 0 Å². The monoisotopic (exact) mass is 349 g/mol. The summed E-state index contributed by atoms with van der Waals surface area (Å²) < 4.78 is 34.5. The second-order valence-corrected chi connectivity index (χ2v) is 7.87. The first-order valence-electron chi connectivity index (χ1n) is 8.09. The number of anilines is 1. The Labute approximate surface area is 140 Å². The average molecular weight is 349 g/mol. The summed E-state index contributed by atoms with van der Waals surface area (Å²) in [6, 6.07) is 2.01. The molecule has 1 saturated heterocycles. The van der Waals surface area contributed by atoms with Gasteiger partial charge in [-0.3, -0.25) is 4.68 Å². The molecule has 0 amide bonds. The van der Waals surface area contributed by atoms with E-state index < -0.39 is 10.0 Å². The first kappa shape index (κ1) is 15.5. The van der Waals surface area contributed by atoms with Gasteiger partial charge in [-0.25, -0.2) is 23.1 Å². The van der Waals surface area contributed by atoms with Crippen LogP contribution in [-0.4, -0.2) is 41.4 Å². The Morgan fingerprint density at radius 1 is 1.21 bits per heavy atom. The van der Waals surface area contributed by atoms with Crippen LogP contribution in [0.3, 0.4) is 0 Å². The first-order chi connectivity index (χ1) is 11.6. The van der Waals surface area contributed by atoms with Crippen molar-refractivity contribution in [1.29, 1.82) is 0 Å². The zero-order valence-corrected chi connectivity index (χ0v) is 13.9. The molecule has 4 rings (SSSR count). The summed E-state index contributed by atoms with van der Waals surface area (Å²) in [6.45, 7) is 1.35. The Bertz CT molecular complexity index is 825. The second-order valence-electron chi connectivity index (χ2n) is 6.18. The molecule has 0 aromatic carbocycles. The number of nitrogens with zero attached hydrogens (tertiary/aromatic N) is 4. The molecule has 2 aromatic heterocycles. The van der Waals surface area contributed by atoms with Crippen LogP contribution in [0.25, 0.3) is 0 Å². The second kappa shape index (κ2) is 6.14. The minimum atomic E-state index is -3.74. The molecule has 2 aliphatic rings. The molecule has 1 aliphatic heterocycles. The summed E-state index contributed by atoms with van der Waals surface area (Å²) in [4.78, 5) is 8.43. The van der Waals surface area contributed by atoms with Gasteiger partial charge in [0, 0.05) is 37.2 Å². The highest BCUT2D eigenvalue weighted by Gasteiger charge is 2.26. The van der Waals surface area contributed by atoms with Crippen LogP contribution >= 0.6 is 0 Å². The third-order valence-corrected chi connectivity index (χ3v) is 5.63. The molecule has 8 nitrogen and oxygen atoms in total. The van der Waals surface area contributed by atoms with Crippen LogP contribution in [0.1, 0.15) is 43.3 Å². The largest absolute Gasteiger partial charge is 0.381 e. The van der Waals surface area contributed by atoms with Crippen molar-refractivity contribution in [3.8, 4) is 0 Å². The lowest BCUT2D eigenvalue weighted by molar-refractivity contribution is 0.0662. The van der Waals surface area contributed by atoms with E-state index in [1.54, 1.807) is 17.1 Å².